The monoisotopic (exact) mass is 253 g/mol. The Bertz CT molecular complexity index is 419. The van der Waals surface area contributed by atoms with Gasteiger partial charge in [0.1, 0.15) is 16.8 Å². The molecule has 1 fully saturated rings. The molecule has 0 bridgehead atoms. The second-order valence-corrected chi connectivity index (χ2v) is 6.24. The summed E-state index contributed by atoms with van der Waals surface area (Å²) in [5.41, 5.74) is 0.869. The number of nitrogens with zero attached hydrogens (tertiary/aromatic N) is 2. The largest absolute Gasteiger partial charge is 0.369 e. The summed E-state index contributed by atoms with van der Waals surface area (Å²) >= 11 is 6.16. The van der Waals surface area contributed by atoms with Crippen molar-refractivity contribution < 1.29 is 0 Å². The van der Waals surface area contributed by atoms with Gasteiger partial charge in [0.05, 0.1) is 0 Å². The van der Waals surface area contributed by atoms with E-state index in [9.17, 15) is 0 Å². The van der Waals surface area contributed by atoms with Gasteiger partial charge in [-0.05, 0) is 25.7 Å². The first-order valence-corrected chi connectivity index (χ1v) is 6.54. The van der Waals surface area contributed by atoms with Gasteiger partial charge in [-0.2, -0.15) is 0 Å². The fourth-order valence-electron chi connectivity index (χ4n) is 1.56. The van der Waals surface area contributed by atoms with Crippen LogP contribution in [0, 0.1) is 12.8 Å². The van der Waals surface area contributed by atoms with E-state index < -0.39 is 0 Å². The Morgan fingerprint density at radius 3 is 2.47 bits per heavy atom. The van der Waals surface area contributed by atoms with Gasteiger partial charge in [-0.25, -0.2) is 9.97 Å². The van der Waals surface area contributed by atoms with Crippen LogP contribution in [0.2, 0.25) is 5.15 Å². The first-order valence-electron chi connectivity index (χ1n) is 6.16. The number of hydrogen-bond acceptors (Lipinski definition) is 3. The van der Waals surface area contributed by atoms with Crippen molar-refractivity contribution in [1.29, 1.82) is 0 Å². The summed E-state index contributed by atoms with van der Waals surface area (Å²) < 4.78 is 0. The van der Waals surface area contributed by atoms with Crippen molar-refractivity contribution in [3.05, 3.63) is 16.5 Å². The third-order valence-corrected chi connectivity index (χ3v) is 3.38. The third-order valence-electron chi connectivity index (χ3n) is 3.01. The summed E-state index contributed by atoms with van der Waals surface area (Å²) in [6.07, 6.45) is 2.66. The predicted octanol–water partition coefficient (Wildman–Crippen LogP) is 3.56. The smallest absolute Gasteiger partial charge is 0.137 e. The molecule has 0 aliphatic heterocycles. The SMILES string of the molecule is Cc1c(Cl)nc(C(C)(C)C)nc1NCC1CC1. The Balaban J connectivity index is 2.25. The number of hydrogen-bond donors (Lipinski definition) is 1. The van der Waals surface area contributed by atoms with Crippen LogP contribution in [-0.4, -0.2) is 16.5 Å². The lowest BCUT2D eigenvalue weighted by atomic mass is 9.95. The highest BCUT2D eigenvalue weighted by molar-refractivity contribution is 6.30. The highest BCUT2D eigenvalue weighted by Gasteiger charge is 2.23. The maximum Gasteiger partial charge on any atom is 0.137 e. The Morgan fingerprint density at radius 1 is 1.29 bits per heavy atom. The zero-order valence-corrected chi connectivity index (χ0v) is 11.7. The summed E-state index contributed by atoms with van der Waals surface area (Å²) in [7, 11) is 0. The molecule has 2 rings (SSSR count). The highest BCUT2D eigenvalue weighted by atomic mass is 35.5. The van der Waals surface area contributed by atoms with E-state index in [4.69, 9.17) is 11.6 Å². The molecule has 1 aromatic heterocycles. The van der Waals surface area contributed by atoms with Gasteiger partial charge >= 0.3 is 0 Å². The molecule has 0 radical (unpaired) electrons. The molecule has 0 spiro atoms. The van der Waals surface area contributed by atoms with Crippen LogP contribution in [0.4, 0.5) is 5.82 Å². The molecule has 0 saturated heterocycles. The zero-order chi connectivity index (χ0) is 12.6. The number of halogens is 1. The van der Waals surface area contributed by atoms with E-state index in [0.717, 1.165) is 29.7 Å². The van der Waals surface area contributed by atoms with Crippen molar-refractivity contribution in [3.63, 3.8) is 0 Å². The summed E-state index contributed by atoms with van der Waals surface area (Å²) in [6.45, 7) is 9.25. The molecule has 0 aromatic carbocycles. The molecule has 1 saturated carbocycles. The summed E-state index contributed by atoms with van der Waals surface area (Å²) in [6, 6.07) is 0. The maximum atomic E-state index is 6.16. The van der Waals surface area contributed by atoms with Crippen LogP contribution in [0.25, 0.3) is 0 Å². The number of anilines is 1. The van der Waals surface area contributed by atoms with Crippen molar-refractivity contribution in [1.82, 2.24) is 9.97 Å². The van der Waals surface area contributed by atoms with E-state index >= 15 is 0 Å². The summed E-state index contributed by atoms with van der Waals surface area (Å²) in [5.74, 6) is 2.51. The molecule has 3 nitrogen and oxygen atoms in total. The molecular weight excluding hydrogens is 234 g/mol. The molecule has 0 unspecified atom stereocenters. The number of rotatable bonds is 3. The molecule has 1 aromatic rings. The average molecular weight is 254 g/mol. The van der Waals surface area contributed by atoms with Crippen molar-refractivity contribution in [2.24, 2.45) is 5.92 Å². The Labute approximate surface area is 108 Å². The summed E-state index contributed by atoms with van der Waals surface area (Å²) in [4.78, 5) is 8.96. The van der Waals surface area contributed by atoms with Gasteiger partial charge in [-0.3, -0.25) is 0 Å². The molecule has 0 atom stereocenters. The minimum absolute atomic E-state index is 0.0760. The topological polar surface area (TPSA) is 37.8 Å². The fourth-order valence-corrected chi connectivity index (χ4v) is 1.73. The fraction of sp³-hybridized carbons (Fsp3) is 0.692. The van der Waals surface area contributed by atoms with Crippen molar-refractivity contribution in [2.45, 2.75) is 46.0 Å². The van der Waals surface area contributed by atoms with E-state index in [2.05, 4.69) is 36.1 Å². The van der Waals surface area contributed by atoms with Crippen molar-refractivity contribution in [3.8, 4) is 0 Å². The Hall–Kier alpha value is -0.830. The van der Waals surface area contributed by atoms with Crippen LogP contribution in [0.3, 0.4) is 0 Å². The third kappa shape index (κ3) is 3.09. The first-order chi connectivity index (χ1) is 7.88. The van der Waals surface area contributed by atoms with Gasteiger partial charge in [-0.1, -0.05) is 32.4 Å². The van der Waals surface area contributed by atoms with E-state index in [1.54, 1.807) is 0 Å². The molecule has 1 aliphatic carbocycles. The Kier molecular flexibility index (Phi) is 3.30. The molecule has 17 heavy (non-hydrogen) atoms. The van der Waals surface area contributed by atoms with Crippen molar-refractivity contribution >= 4 is 17.4 Å². The second kappa shape index (κ2) is 4.45. The van der Waals surface area contributed by atoms with Gasteiger partial charge < -0.3 is 5.32 Å². The van der Waals surface area contributed by atoms with E-state index in [1.807, 2.05) is 6.92 Å². The van der Waals surface area contributed by atoms with Gasteiger partial charge in [-0.15, -0.1) is 0 Å². The van der Waals surface area contributed by atoms with Crippen LogP contribution in [-0.2, 0) is 5.41 Å². The van der Waals surface area contributed by atoms with Crippen LogP contribution in [0.15, 0.2) is 0 Å². The van der Waals surface area contributed by atoms with Crippen LogP contribution >= 0.6 is 11.6 Å². The molecule has 1 N–H and O–H groups in total. The molecule has 1 aliphatic rings. The Morgan fingerprint density at radius 2 is 1.94 bits per heavy atom. The highest BCUT2D eigenvalue weighted by Crippen LogP contribution is 2.30. The summed E-state index contributed by atoms with van der Waals surface area (Å²) in [5, 5.41) is 3.95. The van der Waals surface area contributed by atoms with E-state index in [0.29, 0.717) is 5.15 Å². The standard InChI is InChI=1S/C13H20ClN3/c1-8-10(14)16-12(13(2,3)4)17-11(8)15-7-9-5-6-9/h9H,5-7H2,1-4H3,(H,15,16,17). The molecular formula is C13H20ClN3. The van der Waals surface area contributed by atoms with Gasteiger partial charge in [0.15, 0.2) is 0 Å². The maximum absolute atomic E-state index is 6.16. The number of aromatic nitrogens is 2. The van der Waals surface area contributed by atoms with Gasteiger partial charge in [0.25, 0.3) is 0 Å². The van der Waals surface area contributed by atoms with Gasteiger partial charge in [0.2, 0.25) is 0 Å². The van der Waals surface area contributed by atoms with E-state index in [1.165, 1.54) is 12.8 Å². The first kappa shape index (κ1) is 12.6. The quantitative estimate of drug-likeness (QED) is 0.837. The van der Waals surface area contributed by atoms with Crippen molar-refractivity contribution in [2.75, 3.05) is 11.9 Å². The van der Waals surface area contributed by atoms with Crippen LogP contribution in [0.5, 0.6) is 0 Å². The van der Waals surface area contributed by atoms with Crippen LogP contribution < -0.4 is 5.32 Å². The minimum atomic E-state index is -0.0760. The predicted molar refractivity (Wildman–Crippen MR) is 71.7 cm³/mol. The molecule has 94 valence electrons. The zero-order valence-electron chi connectivity index (χ0n) is 11.0. The number of nitrogens with one attached hydrogen (secondary N) is 1. The lowest BCUT2D eigenvalue weighted by Crippen LogP contribution is -2.18. The molecule has 4 heteroatoms. The lowest BCUT2D eigenvalue weighted by Gasteiger charge is -2.19. The van der Waals surface area contributed by atoms with Crippen LogP contribution in [0.1, 0.15) is 45.0 Å². The molecule has 1 heterocycles. The molecule has 0 amide bonds. The lowest BCUT2D eigenvalue weighted by molar-refractivity contribution is 0.545. The van der Waals surface area contributed by atoms with Gasteiger partial charge in [0, 0.05) is 17.5 Å². The normalized spacial score (nSPS) is 16.1. The van der Waals surface area contributed by atoms with E-state index in [-0.39, 0.29) is 5.41 Å². The minimum Gasteiger partial charge on any atom is -0.369 e. The average Bonchev–Trinajstić information content (AvgIpc) is 3.02. The second-order valence-electron chi connectivity index (χ2n) is 5.89.